The lowest BCUT2D eigenvalue weighted by atomic mass is 9.45. The minimum Gasteiger partial charge on any atom is -0.393 e. The van der Waals surface area contributed by atoms with Gasteiger partial charge in [-0.05, 0) is 98.1 Å². The zero-order valence-electron chi connectivity index (χ0n) is 17.3. The predicted molar refractivity (Wildman–Crippen MR) is 113 cm³/mol. The lowest BCUT2D eigenvalue weighted by Gasteiger charge is -2.60. The standard InChI is InChI=1S/C26H33NO/c1-25-11-9-19(28)15-18(25)7-8-20-21(25)10-12-26(2)22(20)14-17-13-16-5-3-4-6-23(16)27-24(17)26/h3-6,13,18-22,28H,7-12,14-15H2,1-2H3/t18-,19-,20-,21+,22-,25-,26-/m0/s1. The van der Waals surface area contributed by atoms with E-state index in [9.17, 15) is 5.11 Å². The van der Waals surface area contributed by atoms with Crippen molar-refractivity contribution in [2.45, 2.75) is 76.7 Å². The van der Waals surface area contributed by atoms with E-state index < -0.39 is 0 Å². The van der Waals surface area contributed by atoms with Crippen LogP contribution in [0.1, 0.15) is 70.1 Å². The van der Waals surface area contributed by atoms with Crippen molar-refractivity contribution in [2.24, 2.45) is 29.1 Å². The fourth-order valence-electron chi connectivity index (χ4n) is 8.27. The average molecular weight is 376 g/mol. The molecule has 1 aromatic heterocycles. The van der Waals surface area contributed by atoms with E-state index in [4.69, 9.17) is 4.98 Å². The molecule has 2 nitrogen and oxygen atoms in total. The molecule has 148 valence electrons. The molecule has 0 spiro atoms. The average Bonchev–Trinajstić information content (AvgIpc) is 2.99. The maximum atomic E-state index is 10.3. The van der Waals surface area contributed by atoms with Gasteiger partial charge in [-0.2, -0.15) is 0 Å². The van der Waals surface area contributed by atoms with Crippen LogP contribution in [0.3, 0.4) is 0 Å². The Balaban J connectivity index is 1.39. The minimum absolute atomic E-state index is 0.0455. The van der Waals surface area contributed by atoms with Crippen molar-refractivity contribution in [3.63, 3.8) is 0 Å². The van der Waals surface area contributed by atoms with Crippen LogP contribution in [0.15, 0.2) is 30.3 Å². The molecule has 1 heterocycles. The van der Waals surface area contributed by atoms with Crippen LogP contribution in [0.5, 0.6) is 0 Å². The quantitative estimate of drug-likeness (QED) is 0.645. The fraction of sp³-hybridized carbons (Fsp3) is 0.654. The van der Waals surface area contributed by atoms with Crippen LogP contribution in [-0.4, -0.2) is 16.2 Å². The first-order valence-corrected chi connectivity index (χ1v) is 11.6. The van der Waals surface area contributed by atoms with Gasteiger partial charge in [-0.25, -0.2) is 0 Å². The second-order valence-electron chi connectivity index (χ2n) is 10.9. The van der Waals surface area contributed by atoms with Gasteiger partial charge in [-0.1, -0.05) is 32.0 Å². The van der Waals surface area contributed by atoms with Crippen molar-refractivity contribution in [1.82, 2.24) is 4.98 Å². The number of aromatic nitrogens is 1. The van der Waals surface area contributed by atoms with E-state index in [-0.39, 0.29) is 11.5 Å². The van der Waals surface area contributed by atoms with Crippen molar-refractivity contribution in [3.05, 3.63) is 41.6 Å². The van der Waals surface area contributed by atoms with Crippen LogP contribution >= 0.6 is 0 Å². The molecule has 4 aliphatic rings. The van der Waals surface area contributed by atoms with E-state index >= 15 is 0 Å². The number of nitrogens with zero attached hydrogens (tertiary/aromatic N) is 1. The number of pyridine rings is 1. The highest BCUT2D eigenvalue weighted by Crippen LogP contribution is 2.65. The smallest absolute Gasteiger partial charge is 0.0705 e. The number of aliphatic hydroxyl groups excluding tert-OH is 1. The van der Waals surface area contributed by atoms with Gasteiger partial charge in [0.05, 0.1) is 17.3 Å². The highest BCUT2D eigenvalue weighted by atomic mass is 16.3. The van der Waals surface area contributed by atoms with Gasteiger partial charge in [0.15, 0.2) is 0 Å². The van der Waals surface area contributed by atoms with E-state index in [1.807, 2.05) is 0 Å². The third-order valence-electron chi connectivity index (χ3n) is 9.81. The van der Waals surface area contributed by atoms with E-state index in [0.717, 1.165) is 36.5 Å². The highest BCUT2D eigenvalue weighted by Gasteiger charge is 2.59. The fourth-order valence-corrected chi connectivity index (χ4v) is 8.27. The second kappa shape index (κ2) is 5.81. The number of benzene rings is 1. The van der Waals surface area contributed by atoms with Crippen LogP contribution < -0.4 is 0 Å². The van der Waals surface area contributed by atoms with Crippen LogP contribution in [0, 0.1) is 29.1 Å². The molecule has 3 saturated carbocycles. The van der Waals surface area contributed by atoms with Crippen molar-refractivity contribution in [1.29, 1.82) is 0 Å². The van der Waals surface area contributed by atoms with E-state index in [2.05, 4.69) is 44.2 Å². The first-order chi connectivity index (χ1) is 13.5. The summed E-state index contributed by atoms with van der Waals surface area (Å²) in [6, 6.07) is 11.1. The van der Waals surface area contributed by atoms with E-state index in [0.29, 0.717) is 5.41 Å². The Bertz CT molecular complexity index is 937. The summed E-state index contributed by atoms with van der Waals surface area (Å²) in [6.45, 7) is 5.11. The summed E-state index contributed by atoms with van der Waals surface area (Å²) in [5, 5.41) is 11.6. The predicted octanol–water partition coefficient (Wildman–Crippen LogP) is 5.65. The lowest BCUT2D eigenvalue weighted by Crippen LogP contribution is -2.54. The molecule has 1 N–H and O–H groups in total. The first kappa shape index (κ1) is 17.4. The molecule has 1 aromatic carbocycles. The molecule has 0 unspecified atom stereocenters. The Hall–Kier alpha value is -1.41. The van der Waals surface area contributed by atoms with Gasteiger partial charge in [0.25, 0.3) is 0 Å². The summed E-state index contributed by atoms with van der Waals surface area (Å²) in [5.41, 5.74) is 4.83. The zero-order chi connectivity index (χ0) is 19.1. The minimum atomic E-state index is -0.0455. The molecule has 28 heavy (non-hydrogen) atoms. The SMILES string of the molecule is C[C@]12CC[C@H](O)C[C@@H]1CC[C@H]1[C@H]2CC[C@]2(C)c3nc4ccccc4cc3C[C@@H]12. The third-order valence-corrected chi connectivity index (χ3v) is 9.81. The molecule has 4 aliphatic carbocycles. The number of fused-ring (bicyclic) bond motifs is 8. The molecule has 0 aliphatic heterocycles. The van der Waals surface area contributed by atoms with E-state index in [1.54, 1.807) is 0 Å². The van der Waals surface area contributed by atoms with Crippen molar-refractivity contribution < 1.29 is 5.11 Å². The van der Waals surface area contributed by atoms with Crippen LogP contribution in [0.2, 0.25) is 0 Å². The Kier molecular flexibility index (Phi) is 3.62. The van der Waals surface area contributed by atoms with Gasteiger partial charge >= 0.3 is 0 Å². The molecule has 3 fully saturated rings. The summed E-state index contributed by atoms with van der Waals surface area (Å²) >= 11 is 0. The maximum Gasteiger partial charge on any atom is 0.0705 e. The summed E-state index contributed by atoms with van der Waals surface area (Å²) in [6.07, 6.45) is 9.83. The lowest BCUT2D eigenvalue weighted by molar-refractivity contribution is -0.111. The van der Waals surface area contributed by atoms with Crippen molar-refractivity contribution in [3.8, 4) is 0 Å². The van der Waals surface area contributed by atoms with Gasteiger partial charge < -0.3 is 5.11 Å². The Morgan fingerprint density at radius 1 is 1.00 bits per heavy atom. The third kappa shape index (κ3) is 2.22. The number of aliphatic hydroxyl groups is 1. The van der Waals surface area contributed by atoms with Crippen LogP contribution in [-0.2, 0) is 11.8 Å². The monoisotopic (exact) mass is 375 g/mol. The van der Waals surface area contributed by atoms with Gasteiger partial charge in [-0.3, -0.25) is 4.98 Å². The number of para-hydroxylation sites is 1. The topological polar surface area (TPSA) is 33.1 Å². The molecule has 0 saturated heterocycles. The molecular formula is C26H33NO. The number of hydrogen-bond acceptors (Lipinski definition) is 2. The molecule has 2 aromatic rings. The van der Waals surface area contributed by atoms with Crippen molar-refractivity contribution >= 4 is 10.9 Å². The largest absolute Gasteiger partial charge is 0.393 e. The number of hydrogen-bond donors (Lipinski definition) is 1. The second-order valence-corrected chi connectivity index (χ2v) is 10.9. The Morgan fingerprint density at radius 2 is 1.86 bits per heavy atom. The Labute approximate surface area is 168 Å². The maximum absolute atomic E-state index is 10.3. The summed E-state index contributed by atoms with van der Waals surface area (Å²) in [4.78, 5) is 5.23. The normalized spacial score (nSPS) is 44.5. The van der Waals surface area contributed by atoms with Gasteiger partial charge in [0.2, 0.25) is 0 Å². The summed E-state index contributed by atoms with van der Waals surface area (Å²) in [5.74, 6) is 3.19. The molecule has 0 amide bonds. The molecular weight excluding hydrogens is 342 g/mol. The molecule has 2 heteroatoms. The van der Waals surface area contributed by atoms with Crippen molar-refractivity contribution in [2.75, 3.05) is 0 Å². The molecule has 7 atom stereocenters. The Morgan fingerprint density at radius 3 is 2.75 bits per heavy atom. The summed E-state index contributed by atoms with van der Waals surface area (Å²) in [7, 11) is 0. The van der Waals surface area contributed by atoms with Crippen LogP contribution in [0.4, 0.5) is 0 Å². The van der Waals surface area contributed by atoms with Gasteiger partial charge in [0.1, 0.15) is 0 Å². The van der Waals surface area contributed by atoms with Gasteiger partial charge in [-0.15, -0.1) is 0 Å². The summed E-state index contributed by atoms with van der Waals surface area (Å²) < 4.78 is 0. The highest BCUT2D eigenvalue weighted by molar-refractivity contribution is 5.80. The van der Waals surface area contributed by atoms with E-state index in [1.165, 1.54) is 60.7 Å². The molecule has 0 bridgehead atoms. The number of rotatable bonds is 0. The molecule has 0 radical (unpaired) electrons. The zero-order valence-corrected chi connectivity index (χ0v) is 17.3. The first-order valence-electron chi connectivity index (χ1n) is 11.6. The van der Waals surface area contributed by atoms with Crippen LogP contribution in [0.25, 0.3) is 10.9 Å². The molecule has 6 rings (SSSR count). The van der Waals surface area contributed by atoms with Gasteiger partial charge in [0, 0.05) is 10.8 Å².